The summed E-state index contributed by atoms with van der Waals surface area (Å²) < 4.78 is 19.5. The van der Waals surface area contributed by atoms with Crippen molar-refractivity contribution in [3.8, 4) is 0 Å². The summed E-state index contributed by atoms with van der Waals surface area (Å²) in [6.45, 7) is 2.50. The highest BCUT2D eigenvalue weighted by molar-refractivity contribution is 5.86. The minimum atomic E-state index is -0.632. The van der Waals surface area contributed by atoms with E-state index < -0.39 is 18.0 Å². The summed E-state index contributed by atoms with van der Waals surface area (Å²) in [5, 5.41) is 2.47. The van der Waals surface area contributed by atoms with Crippen LogP contribution in [0.2, 0.25) is 0 Å². The van der Waals surface area contributed by atoms with Gasteiger partial charge in [0, 0.05) is 20.3 Å². The van der Waals surface area contributed by atoms with Gasteiger partial charge in [0.1, 0.15) is 12.8 Å². The predicted octanol–water partition coefficient (Wildman–Crippen LogP) is 0.572. The predicted molar refractivity (Wildman–Crippen MR) is 84.8 cm³/mol. The zero-order valence-electron chi connectivity index (χ0n) is 14.6. The lowest BCUT2D eigenvalue weighted by Gasteiger charge is -2.21. The van der Waals surface area contributed by atoms with E-state index in [4.69, 9.17) is 13.9 Å². The second-order valence-electron chi connectivity index (χ2n) is 4.85. The van der Waals surface area contributed by atoms with Gasteiger partial charge in [0.15, 0.2) is 5.69 Å². The van der Waals surface area contributed by atoms with E-state index in [1.54, 1.807) is 14.0 Å². The van der Waals surface area contributed by atoms with Crippen LogP contribution in [0.15, 0.2) is 10.7 Å². The fraction of sp³-hybridized carbons (Fsp3) is 0.600. The Morgan fingerprint density at radius 2 is 2.08 bits per heavy atom. The standard InChI is InChI=1S/C15H23N3O7/c1-4-24-13(19)8-16-15(21)18(6-5-7-22-2)9-12-17-11(10-25-12)14(20)23-3/h10H,4-9H2,1-3H3,(H,16,21). The molecule has 0 saturated carbocycles. The number of hydrogen-bond donors (Lipinski definition) is 1. The normalized spacial score (nSPS) is 10.2. The molecule has 0 aliphatic carbocycles. The van der Waals surface area contributed by atoms with Crippen molar-refractivity contribution in [1.29, 1.82) is 0 Å². The number of ether oxygens (including phenoxy) is 3. The van der Waals surface area contributed by atoms with Crippen LogP contribution in [0, 0.1) is 0 Å². The molecule has 0 aliphatic rings. The monoisotopic (exact) mass is 357 g/mol. The maximum atomic E-state index is 12.3. The summed E-state index contributed by atoms with van der Waals surface area (Å²) in [7, 11) is 2.79. The number of esters is 2. The fourth-order valence-corrected chi connectivity index (χ4v) is 1.87. The molecule has 0 radical (unpaired) electrons. The Kier molecular flexibility index (Phi) is 9.01. The van der Waals surface area contributed by atoms with Gasteiger partial charge in [-0.15, -0.1) is 0 Å². The van der Waals surface area contributed by atoms with Gasteiger partial charge in [-0.2, -0.15) is 0 Å². The first kappa shape index (κ1) is 20.4. The molecule has 2 amide bonds. The van der Waals surface area contributed by atoms with Crippen LogP contribution >= 0.6 is 0 Å². The fourth-order valence-electron chi connectivity index (χ4n) is 1.87. The molecule has 140 valence electrons. The number of amides is 2. The number of rotatable bonds is 10. The minimum absolute atomic E-state index is 0.0151. The Labute approximate surface area is 145 Å². The Balaban J connectivity index is 2.68. The van der Waals surface area contributed by atoms with Crippen LogP contribution < -0.4 is 5.32 Å². The zero-order chi connectivity index (χ0) is 18.7. The van der Waals surface area contributed by atoms with E-state index in [0.29, 0.717) is 19.6 Å². The minimum Gasteiger partial charge on any atom is -0.465 e. The number of methoxy groups -OCH3 is 2. The molecule has 25 heavy (non-hydrogen) atoms. The lowest BCUT2D eigenvalue weighted by atomic mass is 10.4. The smallest absolute Gasteiger partial charge is 0.360 e. The number of aromatic nitrogens is 1. The molecule has 0 atom stereocenters. The molecule has 0 aliphatic heterocycles. The number of urea groups is 1. The third kappa shape index (κ3) is 7.21. The van der Waals surface area contributed by atoms with E-state index in [9.17, 15) is 14.4 Å². The number of oxazole rings is 1. The van der Waals surface area contributed by atoms with E-state index >= 15 is 0 Å². The molecule has 1 heterocycles. The molecular formula is C15H23N3O7. The molecule has 1 N–H and O–H groups in total. The Morgan fingerprint density at radius 3 is 2.72 bits per heavy atom. The number of nitrogens with one attached hydrogen (secondary N) is 1. The third-order valence-electron chi connectivity index (χ3n) is 3.03. The molecule has 1 aromatic heterocycles. The van der Waals surface area contributed by atoms with Crippen LogP contribution in [0.3, 0.4) is 0 Å². The van der Waals surface area contributed by atoms with Crippen molar-refractivity contribution in [1.82, 2.24) is 15.2 Å². The van der Waals surface area contributed by atoms with Crippen LogP contribution in [0.5, 0.6) is 0 Å². The summed E-state index contributed by atoms with van der Waals surface area (Å²) in [6.07, 6.45) is 1.74. The molecule has 0 unspecified atom stereocenters. The van der Waals surface area contributed by atoms with E-state index in [-0.39, 0.29) is 31.3 Å². The highest BCUT2D eigenvalue weighted by Gasteiger charge is 2.19. The van der Waals surface area contributed by atoms with Crippen LogP contribution in [-0.2, 0) is 25.5 Å². The lowest BCUT2D eigenvalue weighted by Crippen LogP contribution is -2.42. The van der Waals surface area contributed by atoms with E-state index in [0.717, 1.165) is 6.26 Å². The van der Waals surface area contributed by atoms with E-state index in [2.05, 4.69) is 15.0 Å². The molecule has 1 rings (SSSR count). The molecule has 10 heteroatoms. The maximum absolute atomic E-state index is 12.3. The van der Waals surface area contributed by atoms with Crippen molar-refractivity contribution >= 4 is 18.0 Å². The van der Waals surface area contributed by atoms with Crippen molar-refractivity contribution in [3.05, 3.63) is 17.8 Å². The van der Waals surface area contributed by atoms with Gasteiger partial charge < -0.3 is 28.8 Å². The zero-order valence-corrected chi connectivity index (χ0v) is 14.6. The number of hydrogen-bond acceptors (Lipinski definition) is 8. The summed E-state index contributed by atoms with van der Waals surface area (Å²) in [4.78, 5) is 40.4. The van der Waals surface area contributed by atoms with Crippen molar-refractivity contribution in [2.45, 2.75) is 19.9 Å². The highest BCUT2D eigenvalue weighted by Crippen LogP contribution is 2.08. The van der Waals surface area contributed by atoms with Crippen molar-refractivity contribution < 1.29 is 33.0 Å². The SMILES string of the molecule is CCOC(=O)CNC(=O)N(CCCOC)Cc1nc(C(=O)OC)co1. The molecule has 0 saturated heterocycles. The molecule has 0 fully saturated rings. The summed E-state index contributed by atoms with van der Waals surface area (Å²) in [6, 6.07) is -0.484. The van der Waals surface area contributed by atoms with Gasteiger partial charge in [0.25, 0.3) is 0 Å². The van der Waals surface area contributed by atoms with Gasteiger partial charge in [-0.3, -0.25) is 4.79 Å². The Bertz CT molecular complexity index is 573. The first-order valence-corrected chi connectivity index (χ1v) is 7.71. The molecule has 0 aromatic carbocycles. The van der Waals surface area contributed by atoms with Crippen molar-refractivity contribution in [2.75, 3.05) is 40.5 Å². The van der Waals surface area contributed by atoms with Gasteiger partial charge >= 0.3 is 18.0 Å². The number of carbonyl (C=O) groups excluding carboxylic acids is 3. The maximum Gasteiger partial charge on any atom is 0.360 e. The molecular weight excluding hydrogens is 334 g/mol. The molecule has 10 nitrogen and oxygen atoms in total. The molecule has 0 bridgehead atoms. The Hall–Kier alpha value is -2.62. The molecule has 1 aromatic rings. The second-order valence-corrected chi connectivity index (χ2v) is 4.85. The summed E-state index contributed by atoms with van der Waals surface area (Å²) >= 11 is 0. The van der Waals surface area contributed by atoms with E-state index in [1.807, 2.05) is 0 Å². The quantitative estimate of drug-likeness (QED) is 0.477. The first-order valence-electron chi connectivity index (χ1n) is 7.71. The average molecular weight is 357 g/mol. The number of carbonyl (C=O) groups is 3. The number of nitrogens with zero attached hydrogens (tertiary/aromatic N) is 2. The Morgan fingerprint density at radius 1 is 1.32 bits per heavy atom. The highest BCUT2D eigenvalue weighted by atomic mass is 16.5. The summed E-state index contributed by atoms with van der Waals surface area (Å²) in [5.41, 5.74) is 0.0151. The van der Waals surface area contributed by atoms with Gasteiger partial charge in [0.05, 0.1) is 20.3 Å². The molecule has 0 spiro atoms. The third-order valence-corrected chi connectivity index (χ3v) is 3.03. The van der Waals surface area contributed by atoms with Crippen LogP contribution in [0.25, 0.3) is 0 Å². The van der Waals surface area contributed by atoms with Crippen LogP contribution in [0.4, 0.5) is 4.79 Å². The lowest BCUT2D eigenvalue weighted by molar-refractivity contribution is -0.141. The van der Waals surface area contributed by atoms with Gasteiger partial charge in [-0.1, -0.05) is 0 Å². The van der Waals surface area contributed by atoms with E-state index in [1.165, 1.54) is 12.0 Å². The van der Waals surface area contributed by atoms with Gasteiger partial charge in [0.2, 0.25) is 5.89 Å². The van der Waals surface area contributed by atoms with Crippen LogP contribution in [-0.4, -0.2) is 68.4 Å². The second kappa shape index (κ2) is 11.0. The van der Waals surface area contributed by atoms with Gasteiger partial charge in [-0.25, -0.2) is 14.6 Å². The van der Waals surface area contributed by atoms with Gasteiger partial charge in [-0.05, 0) is 13.3 Å². The first-order chi connectivity index (χ1) is 12.0. The van der Waals surface area contributed by atoms with Crippen molar-refractivity contribution in [3.63, 3.8) is 0 Å². The van der Waals surface area contributed by atoms with Crippen molar-refractivity contribution in [2.24, 2.45) is 0 Å². The summed E-state index contributed by atoms with van der Waals surface area (Å²) in [5.74, 6) is -0.992. The largest absolute Gasteiger partial charge is 0.465 e. The topological polar surface area (TPSA) is 120 Å². The van der Waals surface area contributed by atoms with Crippen LogP contribution in [0.1, 0.15) is 29.7 Å². The average Bonchev–Trinajstić information content (AvgIpc) is 3.07.